The molecule has 0 amide bonds. The Bertz CT molecular complexity index is 227. The van der Waals surface area contributed by atoms with Gasteiger partial charge in [0.15, 0.2) is 0 Å². The molecule has 16 heavy (non-hydrogen) atoms. The first-order valence-corrected chi connectivity index (χ1v) is 6.41. The predicted octanol–water partition coefficient (Wildman–Crippen LogP) is 2.95. The highest BCUT2D eigenvalue weighted by molar-refractivity contribution is 5.48. The van der Waals surface area contributed by atoms with Crippen molar-refractivity contribution in [3.63, 3.8) is 0 Å². The smallest absolute Gasteiger partial charge is 0.119 e. The molecule has 0 unspecified atom stereocenters. The van der Waals surface area contributed by atoms with Crippen molar-refractivity contribution in [1.82, 2.24) is 4.90 Å². The summed E-state index contributed by atoms with van der Waals surface area (Å²) in [7, 11) is 0. The maximum absolute atomic E-state index is 10.1. The van der Waals surface area contributed by atoms with Gasteiger partial charge >= 0.3 is 0 Å². The van der Waals surface area contributed by atoms with E-state index in [0.717, 1.165) is 32.1 Å². The first-order valence-electron chi connectivity index (χ1n) is 6.41. The molecule has 2 nitrogen and oxygen atoms in total. The van der Waals surface area contributed by atoms with Gasteiger partial charge in [-0.25, -0.2) is 0 Å². The molecule has 1 aliphatic heterocycles. The van der Waals surface area contributed by atoms with Gasteiger partial charge in [0, 0.05) is 13.0 Å². The summed E-state index contributed by atoms with van der Waals surface area (Å²) < 4.78 is 0. The number of aldehydes is 1. The molecular weight excluding hydrogens is 198 g/mol. The molecule has 2 heteroatoms. The van der Waals surface area contributed by atoms with Gasteiger partial charge in [0.1, 0.15) is 6.29 Å². The zero-order chi connectivity index (χ0) is 11.5. The minimum Gasteiger partial charge on any atom is -0.303 e. The van der Waals surface area contributed by atoms with E-state index in [9.17, 15) is 4.79 Å². The fourth-order valence-corrected chi connectivity index (χ4v) is 1.92. The number of hydrogen-bond donors (Lipinski definition) is 0. The van der Waals surface area contributed by atoms with Gasteiger partial charge in [0.25, 0.3) is 0 Å². The van der Waals surface area contributed by atoms with Crippen molar-refractivity contribution in [2.45, 2.75) is 38.5 Å². The molecule has 0 aromatic heterocycles. The molecular formula is C14H23NO. The molecule has 0 aliphatic carbocycles. The summed E-state index contributed by atoms with van der Waals surface area (Å²) in [5.41, 5.74) is 0. The standard InChI is InChI=1S/C14H23NO/c16-14-10-6-4-2-1-3-5-7-11-15-12-8-9-13-15/h1,3,5,7,14H,2,4,6,8-13H2. The Kier molecular flexibility index (Phi) is 7.70. The third-order valence-corrected chi connectivity index (χ3v) is 2.89. The van der Waals surface area contributed by atoms with E-state index < -0.39 is 0 Å². The molecule has 0 atom stereocenters. The number of rotatable bonds is 8. The lowest BCUT2D eigenvalue weighted by Gasteiger charge is -2.09. The van der Waals surface area contributed by atoms with E-state index >= 15 is 0 Å². The van der Waals surface area contributed by atoms with Crippen LogP contribution in [-0.2, 0) is 4.79 Å². The number of carbonyl (C=O) groups is 1. The molecule has 90 valence electrons. The lowest BCUT2D eigenvalue weighted by atomic mass is 10.2. The number of nitrogens with zero attached hydrogens (tertiary/aromatic N) is 1. The monoisotopic (exact) mass is 221 g/mol. The zero-order valence-corrected chi connectivity index (χ0v) is 10.1. The van der Waals surface area contributed by atoms with Crippen molar-refractivity contribution in [3.05, 3.63) is 24.3 Å². The number of unbranched alkanes of at least 4 members (excludes halogenated alkanes) is 3. The van der Waals surface area contributed by atoms with Crippen LogP contribution in [0.5, 0.6) is 0 Å². The minimum atomic E-state index is 0.707. The summed E-state index contributed by atoms with van der Waals surface area (Å²) in [6.07, 6.45) is 16.3. The molecule has 1 aliphatic rings. The van der Waals surface area contributed by atoms with Crippen LogP contribution in [0.3, 0.4) is 0 Å². The largest absolute Gasteiger partial charge is 0.303 e. The number of allylic oxidation sites excluding steroid dienone is 3. The van der Waals surface area contributed by atoms with E-state index in [0.29, 0.717) is 6.42 Å². The Balaban J connectivity index is 1.93. The Morgan fingerprint density at radius 2 is 1.62 bits per heavy atom. The van der Waals surface area contributed by atoms with E-state index in [2.05, 4.69) is 29.2 Å². The fourth-order valence-electron chi connectivity index (χ4n) is 1.92. The molecule has 0 saturated carbocycles. The highest BCUT2D eigenvalue weighted by atomic mass is 16.1. The van der Waals surface area contributed by atoms with Crippen LogP contribution in [0, 0.1) is 0 Å². The summed E-state index contributed by atoms with van der Waals surface area (Å²) in [6.45, 7) is 3.62. The van der Waals surface area contributed by atoms with E-state index in [4.69, 9.17) is 0 Å². The topological polar surface area (TPSA) is 20.3 Å². The third-order valence-electron chi connectivity index (χ3n) is 2.89. The first-order chi connectivity index (χ1) is 7.93. The molecule has 0 bridgehead atoms. The Morgan fingerprint density at radius 1 is 0.938 bits per heavy atom. The van der Waals surface area contributed by atoms with Gasteiger partial charge in [-0.15, -0.1) is 0 Å². The maximum atomic E-state index is 10.1. The normalized spacial score (nSPS) is 17.8. The van der Waals surface area contributed by atoms with Gasteiger partial charge in [0.2, 0.25) is 0 Å². The van der Waals surface area contributed by atoms with Crippen LogP contribution in [0.1, 0.15) is 38.5 Å². The second-order valence-electron chi connectivity index (χ2n) is 4.32. The average Bonchev–Trinajstić information content (AvgIpc) is 2.80. The highest BCUT2D eigenvalue weighted by Gasteiger charge is 2.08. The second kappa shape index (κ2) is 9.34. The van der Waals surface area contributed by atoms with Crippen molar-refractivity contribution in [3.8, 4) is 0 Å². The zero-order valence-electron chi connectivity index (χ0n) is 10.1. The average molecular weight is 221 g/mol. The van der Waals surface area contributed by atoms with Crippen molar-refractivity contribution >= 4 is 6.29 Å². The molecule has 0 N–H and O–H groups in total. The summed E-state index contributed by atoms with van der Waals surface area (Å²) in [5, 5.41) is 0. The second-order valence-corrected chi connectivity index (χ2v) is 4.32. The summed E-state index contributed by atoms with van der Waals surface area (Å²) in [4.78, 5) is 12.6. The Morgan fingerprint density at radius 3 is 2.38 bits per heavy atom. The fraction of sp³-hybridized carbons (Fsp3) is 0.643. The lowest BCUT2D eigenvalue weighted by Crippen LogP contribution is -2.18. The van der Waals surface area contributed by atoms with Crippen molar-refractivity contribution in [2.75, 3.05) is 19.6 Å². The summed E-state index contributed by atoms with van der Waals surface area (Å²) >= 11 is 0. The molecule has 0 aromatic rings. The van der Waals surface area contributed by atoms with Gasteiger partial charge in [-0.2, -0.15) is 0 Å². The van der Waals surface area contributed by atoms with E-state index in [1.807, 2.05) is 0 Å². The van der Waals surface area contributed by atoms with Crippen LogP contribution >= 0.6 is 0 Å². The van der Waals surface area contributed by atoms with Crippen molar-refractivity contribution in [2.24, 2.45) is 0 Å². The number of likely N-dealkylation sites (tertiary alicyclic amines) is 1. The van der Waals surface area contributed by atoms with Crippen LogP contribution in [0.25, 0.3) is 0 Å². The Hall–Kier alpha value is -0.890. The van der Waals surface area contributed by atoms with Gasteiger partial charge in [-0.3, -0.25) is 4.90 Å². The molecule has 1 heterocycles. The van der Waals surface area contributed by atoms with Gasteiger partial charge in [0.05, 0.1) is 0 Å². The van der Waals surface area contributed by atoms with Gasteiger partial charge < -0.3 is 4.79 Å². The lowest BCUT2D eigenvalue weighted by molar-refractivity contribution is -0.107. The van der Waals surface area contributed by atoms with Crippen LogP contribution in [-0.4, -0.2) is 30.8 Å². The maximum Gasteiger partial charge on any atom is 0.119 e. The van der Waals surface area contributed by atoms with Crippen molar-refractivity contribution in [1.29, 1.82) is 0 Å². The molecule has 0 radical (unpaired) electrons. The SMILES string of the molecule is O=CCCCCC=CC=CCN1CCCC1. The minimum absolute atomic E-state index is 0.707. The van der Waals surface area contributed by atoms with E-state index in [1.165, 1.54) is 25.9 Å². The van der Waals surface area contributed by atoms with E-state index in [1.54, 1.807) is 0 Å². The molecule has 1 rings (SSSR count). The quantitative estimate of drug-likeness (QED) is 0.357. The predicted molar refractivity (Wildman–Crippen MR) is 68.5 cm³/mol. The highest BCUT2D eigenvalue weighted by Crippen LogP contribution is 2.06. The molecule has 0 aromatic carbocycles. The summed E-state index contributed by atoms with van der Waals surface area (Å²) in [5.74, 6) is 0. The summed E-state index contributed by atoms with van der Waals surface area (Å²) in [6, 6.07) is 0. The van der Waals surface area contributed by atoms with Gasteiger partial charge in [-0.1, -0.05) is 24.3 Å². The van der Waals surface area contributed by atoms with Crippen molar-refractivity contribution < 1.29 is 4.79 Å². The number of carbonyl (C=O) groups excluding carboxylic acids is 1. The van der Waals surface area contributed by atoms with Crippen LogP contribution < -0.4 is 0 Å². The molecule has 1 fully saturated rings. The van der Waals surface area contributed by atoms with Gasteiger partial charge in [-0.05, 0) is 45.2 Å². The number of hydrogen-bond acceptors (Lipinski definition) is 2. The Labute approximate surface area is 99.0 Å². The third kappa shape index (κ3) is 6.57. The van der Waals surface area contributed by atoms with Crippen LogP contribution in [0.4, 0.5) is 0 Å². The molecule has 0 spiro atoms. The first kappa shape index (κ1) is 13.2. The molecule has 1 saturated heterocycles. The van der Waals surface area contributed by atoms with E-state index in [-0.39, 0.29) is 0 Å². The van der Waals surface area contributed by atoms with Crippen LogP contribution in [0.15, 0.2) is 24.3 Å². The van der Waals surface area contributed by atoms with Crippen LogP contribution in [0.2, 0.25) is 0 Å².